The number of amides is 1. The number of pyridine rings is 1. The predicted molar refractivity (Wildman–Crippen MR) is 116 cm³/mol. The second-order valence-electron chi connectivity index (χ2n) is 8.17. The standard InChI is InChI=1S/C23H19F2N5O4/c1-12-15(10-27-29-12)17-4-3-14-16(9-26-21(14)28-17)22(31)30-6-7-32-11-18(30)13-2-5-19-20(8-13)34-23(24,25)33-19/h2-5,8-10,18H,6-7,11H2,1H3,(H,26,28)(H,27,29)/t18-/m1/s1. The van der Waals surface area contributed by atoms with Crippen molar-refractivity contribution in [2.45, 2.75) is 19.3 Å². The molecule has 6 rings (SSSR count). The van der Waals surface area contributed by atoms with Gasteiger partial charge in [0, 0.05) is 29.4 Å². The summed E-state index contributed by atoms with van der Waals surface area (Å²) in [6.45, 7) is 2.86. The molecule has 1 aromatic carbocycles. The summed E-state index contributed by atoms with van der Waals surface area (Å²) < 4.78 is 41.6. The lowest BCUT2D eigenvalue weighted by Crippen LogP contribution is -2.43. The van der Waals surface area contributed by atoms with E-state index in [1.807, 2.05) is 19.1 Å². The lowest BCUT2D eigenvalue weighted by molar-refractivity contribution is -0.286. The van der Waals surface area contributed by atoms with E-state index in [4.69, 9.17) is 4.74 Å². The molecule has 9 nitrogen and oxygen atoms in total. The summed E-state index contributed by atoms with van der Waals surface area (Å²) in [5.74, 6) is -0.329. The number of hydrogen-bond donors (Lipinski definition) is 2. The summed E-state index contributed by atoms with van der Waals surface area (Å²) in [6, 6.07) is 7.74. The van der Waals surface area contributed by atoms with Crippen molar-refractivity contribution in [1.82, 2.24) is 25.1 Å². The highest BCUT2D eigenvalue weighted by Gasteiger charge is 2.44. The Morgan fingerprint density at radius 3 is 2.88 bits per heavy atom. The van der Waals surface area contributed by atoms with Crippen molar-refractivity contribution in [3.8, 4) is 22.8 Å². The van der Waals surface area contributed by atoms with Gasteiger partial charge in [0.2, 0.25) is 0 Å². The van der Waals surface area contributed by atoms with Crippen molar-refractivity contribution in [1.29, 1.82) is 0 Å². The van der Waals surface area contributed by atoms with Gasteiger partial charge in [-0.05, 0) is 36.8 Å². The maximum atomic E-state index is 13.6. The number of nitrogens with zero attached hydrogens (tertiary/aromatic N) is 3. The Morgan fingerprint density at radius 1 is 1.21 bits per heavy atom. The number of aryl methyl sites for hydroxylation is 1. The number of carbonyl (C=O) groups is 1. The molecule has 2 N–H and O–H groups in total. The van der Waals surface area contributed by atoms with Gasteiger partial charge < -0.3 is 24.1 Å². The molecule has 0 aliphatic carbocycles. The van der Waals surface area contributed by atoms with Crippen LogP contribution in [0.15, 0.2) is 42.7 Å². The summed E-state index contributed by atoms with van der Waals surface area (Å²) in [6.07, 6.45) is -0.360. The number of morpholine rings is 1. The number of H-pyrrole nitrogens is 2. The minimum absolute atomic E-state index is 0.0466. The van der Waals surface area contributed by atoms with Crippen LogP contribution < -0.4 is 9.47 Å². The summed E-state index contributed by atoms with van der Waals surface area (Å²) in [4.78, 5) is 23.0. The number of hydrogen-bond acceptors (Lipinski definition) is 6. The van der Waals surface area contributed by atoms with E-state index in [0.29, 0.717) is 35.3 Å². The number of aromatic nitrogens is 4. The van der Waals surface area contributed by atoms with Crippen molar-refractivity contribution >= 4 is 16.9 Å². The number of ether oxygens (including phenoxy) is 3. The molecule has 3 aromatic heterocycles. The molecule has 1 amide bonds. The van der Waals surface area contributed by atoms with Gasteiger partial charge in [-0.25, -0.2) is 4.98 Å². The fraction of sp³-hybridized carbons (Fsp3) is 0.261. The molecule has 5 heterocycles. The molecule has 0 bridgehead atoms. The highest BCUT2D eigenvalue weighted by Crippen LogP contribution is 2.43. The molecule has 2 aliphatic heterocycles. The largest absolute Gasteiger partial charge is 0.586 e. The first-order chi connectivity index (χ1) is 16.4. The zero-order chi connectivity index (χ0) is 23.4. The zero-order valence-electron chi connectivity index (χ0n) is 18.0. The summed E-state index contributed by atoms with van der Waals surface area (Å²) in [5.41, 5.74) is 4.18. The third-order valence-electron chi connectivity index (χ3n) is 6.07. The molecule has 0 unspecified atom stereocenters. The number of rotatable bonds is 3. The third kappa shape index (κ3) is 3.36. The summed E-state index contributed by atoms with van der Waals surface area (Å²) >= 11 is 0. The van der Waals surface area contributed by atoms with E-state index in [-0.39, 0.29) is 24.0 Å². The average molecular weight is 467 g/mol. The molecule has 2 aliphatic rings. The van der Waals surface area contributed by atoms with Gasteiger partial charge in [-0.1, -0.05) is 6.07 Å². The van der Waals surface area contributed by atoms with Crippen molar-refractivity contribution < 1.29 is 27.8 Å². The van der Waals surface area contributed by atoms with Gasteiger partial charge in [-0.3, -0.25) is 9.89 Å². The summed E-state index contributed by atoms with van der Waals surface area (Å²) in [7, 11) is 0. The first-order valence-corrected chi connectivity index (χ1v) is 10.7. The molecule has 174 valence electrons. The van der Waals surface area contributed by atoms with E-state index in [0.717, 1.165) is 17.0 Å². The Labute approximate surface area is 191 Å². The first kappa shape index (κ1) is 20.6. The lowest BCUT2D eigenvalue weighted by atomic mass is 10.0. The zero-order valence-corrected chi connectivity index (χ0v) is 18.0. The smallest absolute Gasteiger partial charge is 0.395 e. The molecule has 1 atom stereocenters. The van der Waals surface area contributed by atoms with Crippen LogP contribution in [0, 0.1) is 6.92 Å². The van der Waals surface area contributed by atoms with Crippen LogP contribution in [0.2, 0.25) is 0 Å². The normalized spacial score (nSPS) is 19.0. The van der Waals surface area contributed by atoms with Crippen molar-refractivity contribution in [3.05, 3.63) is 59.5 Å². The molecule has 0 saturated carbocycles. The van der Waals surface area contributed by atoms with Crippen LogP contribution >= 0.6 is 0 Å². The van der Waals surface area contributed by atoms with E-state index in [2.05, 4.69) is 29.6 Å². The Morgan fingerprint density at radius 2 is 2.06 bits per heavy atom. The van der Waals surface area contributed by atoms with Crippen molar-refractivity contribution in [2.75, 3.05) is 19.8 Å². The SMILES string of the molecule is Cc1[nH]ncc1-c1ccc2c(C(=O)N3CCOC[C@@H]3c3ccc4c(c3)OC(F)(F)O4)c[nH]c2n1. The minimum Gasteiger partial charge on any atom is -0.395 e. The topological polar surface area (TPSA) is 105 Å². The first-order valence-electron chi connectivity index (χ1n) is 10.7. The maximum absolute atomic E-state index is 13.6. The van der Waals surface area contributed by atoms with Gasteiger partial charge in [0.05, 0.1) is 36.7 Å². The second kappa shape index (κ2) is 7.52. The van der Waals surface area contributed by atoms with Crippen molar-refractivity contribution in [2.24, 2.45) is 0 Å². The average Bonchev–Trinajstić information content (AvgIpc) is 3.52. The summed E-state index contributed by atoms with van der Waals surface area (Å²) in [5, 5.41) is 7.61. The Hall–Kier alpha value is -3.99. The predicted octanol–water partition coefficient (Wildman–Crippen LogP) is 3.80. The minimum atomic E-state index is -3.70. The Bertz CT molecular complexity index is 1420. The van der Waals surface area contributed by atoms with Gasteiger partial charge in [0.1, 0.15) is 5.65 Å². The monoisotopic (exact) mass is 467 g/mol. The quantitative estimate of drug-likeness (QED) is 0.475. The second-order valence-corrected chi connectivity index (χ2v) is 8.17. The Kier molecular flexibility index (Phi) is 4.56. The number of carbonyl (C=O) groups excluding carboxylic acids is 1. The fourth-order valence-corrected chi connectivity index (χ4v) is 4.39. The van der Waals surface area contributed by atoms with E-state index in [1.54, 1.807) is 23.4 Å². The molecular formula is C23H19F2N5O4. The van der Waals surface area contributed by atoms with Crippen LogP contribution in [0.25, 0.3) is 22.3 Å². The van der Waals surface area contributed by atoms with E-state index in [9.17, 15) is 13.6 Å². The molecule has 1 fully saturated rings. The number of nitrogens with one attached hydrogen (secondary N) is 2. The molecule has 1 saturated heterocycles. The maximum Gasteiger partial charge on any atom is 0.586 e. The highest BCUT2D eigenvalue weighted by molar-refractivity contribution is 6.06. The number of alkyl halides is 2. The Balaban J connectivity index is 1.32. The molecule has 34 heavy (non-hydrogen) atoms. The van der Waals surface area contributed by atoms with Gasteiger partial charge in [0.15, 0.2) is 11.5 Å². The van der Waals surface area contributed by atoms with Crippen LogP contribution in [0.3, 0.4) is 0 Å². The van der Waals surface area contributed by atoms with Crippen LogP contribution in [-0.2, 0) is 4.74 Å². The number of fused-ring (bicyclic) bond motifs is 2. The van der Waals surface area contributed by atoms with Crippen LogP contribution in [0.4, 0.5) is 8.78 Å². The van der Waals surface area contributed by atoms with E-state index >= 15 is 0 Å². The van der Waals surface area contributed by atoms with Crippen LogP contribution in [-0.4, -0.2) is 57.0 Å². The van der Waals surface area contributed by atoms with Gasteiger partial charge in [-0.15, -0.1) is 8.78 Å². The molecule has 4 aromatic rings. The van der Waals surface area contributed by atoms with Gasteiger partial charge in [-0.2, -0.15) is 5.10 Å². The van der Waals surface area contributed by atoms with Crippen molar-refractivity contribution in [3.63, 3.8) is 0 Å². The van der Waals surface area contributed by atoms with Gasteiger partial charge >= 0.3 is 6.29 Å². The van der Waals surface area contributed by atoms with E-state index in [1.165, 1.54) is 12.1 Å². The fourth-order valence-electron chi connectivity index (χ4n) is 4.39. The van der Waals surface area contributed by atoms with E-state index < -0.39 is 12.3 Å². The van der Waals surface area contributed by atoms with Crippen LogP contribution in [0.1, 0.15) is 27.7 Å². The number of aromatic amines is 2. The lowest BCUT2D eigenvalue weighted by Gasteiger charge is -2.36. The number of halogens is 2. The van der Waals surface area contributed by atoms with Gasteiger partial charge in [0.25, 0.3) is 5.91 Å². The molecule has 0 radical (unpaired) electrons. The third-order valence-corrected chi connectivity index (χ3v) is 6.07. The highest BCUT2D eigenvalue weighted by atomic mass is 19.3. The molecule has 11 heteroatoms. The molecule has 0 spiro atoms. The molecular weight excluding hydrogens is 448 g/mol. The number of benzene rings is 1. The van der Waals surface area contributed by atoms with Crippen LogP contribution in [0.5, 0.6) is 11.5 Å².